The van der Waals surface area contributed by atoms with Crippen molar-refractivity contribution in [3.8, 4) is 33.0 Å². The van der Waals surface area contributed by atoms with Crippen LogP contribution in [0.25, 0.3) is 21.1 Å². The number of carbonyl (C=O) groups excluding carboxylic acids is 1. The molecule has 0 atom stereocenters. The number of fused-ring (bicyclic) bond motifs is 1. The summed E-state index contributed by atoms with van der Waals surface area (Å²) < 4.78 is 10.8. The van der Waals surface area contributed by atoms with E-state index in [0.717, 1.165) is 28.4 Å². The molecule has 0 unspecified atom stereocenters. The van der Waals surface area contributed by atoms with Crippen LogP contribution in [0.2, 0.25) is 0 Å². The van der Waals surface area contributed by atoms with Crippen LogP contribution in [0.3, 0.4) is 0 Å². The van der Waals surface area contributed by atoms with Crippen molar-refractivity contribution >= 4 is 17.4 Å². The van der Waals surface area contributed by atoms with Gasteiger partial charge in [0.1, 0.15) is 21.8 Å². The van der Waals surface area contributed by atoms with E-state index >= 15 is 0 Å². The van der Waals surface area contributed by atoms with Gasteiger partial charge in [0.05, 0.1) is 24.9 Å². The van der Waals surface area contributed by atoms with Crippen molar-refractivity contribution < 1.29 is 14.3 Å². The number of ether oxygens (including phenoxy) is 2. The molecular weight excluding hydrogens is 474 g/mol. The lowest BCUT2D eigenvalue weighted by Gasteiger charge is -2.26. The van der Waals surface area contributed by atoms with E-state index < -0.39 is 0 Å². The predicted octanol–water partition coefficient (Wildman–Crippen LogP) is 4.68. The fourth-order valence-corrected chi connectivity index (χ4v) is 5.19. The number of rotatable bonds is 4. The van der Waals surface area contributed by atoms with Gasteiger partial charge in [0.2, 0.25) is 0 Å². The number of hydrogen-bond acceptors (Lipinski definition) is 7. The Kier molecular flexibility index (Phi) is 8.52. The van der Waals surface area contributed by atoms with Crippen molar-refractivity contribution in [3.63, 3.8) is 0 Å². The Hall–Kier alpha value is -3.48. The number of urea groups is 1. The van der Waals surface area contributed by atoms with E-state index in [2.05, 4.69) is 39.8 Å². The molecule has 1 saturated heterocycles. The highest BCUT2D eigenvalue weighted by molar-refractivity contribution is 7.17. The van der Waals surface area contributed by atoms with E-state index in [1.54, 1.807) is 23.3 Å². The van der Waals surface area contributed by atoms with Crippen molar-refractivity contribution in [2.24, 2.45) is 0 Å². The highest BCUT2D eigenvalue weighted by Gasteiger charge is 2.19. The minimum Gasteiger partial charge on any atom is -0.490 e. The zero-order valence-electron chi connectivity index (χ0n) is 20.9. The topological polar surface area (TPSA) is 100 Å². The normalized spacial score (nSPS) is 14.5. The second kappa shape index (κ2) is 12.0. The van der Waals surface area contributed by atoms with E-state index in [9.17, 15) is 10.1 Å². The van der Waals surface area contributed by atoms with Gasteiger partial charge >= 0.3 is 6.03 Å². The van der Waals surface area contributed by atoms with E-state index in [1.165, 1.54) is 23.1 Å². The predicted molar refractivity (Wildman–Crippen MR) is 140 cm³/mol. The number of nitrogens with zero attached hydrogens (tertiary/aromatic N) is 4. The second-order valence-electron chi connectivity index (χ2n) is 8.85. The van der Waals surface area contributed by atoms with E-state index in [-0.39, 0.29) is 12.1 Å². The number of hydrogen-bond donors (Lipinski definition) is 1. The first-order valence-electron chi connectivity index (χ1n) is 12.2. The fraction of sp³-hybridized carbons (Fsp3) is 0.407. The molecule has 1 aliphatic carbocycles. The minimum absolute atomic E-state index is 0.0108. The monoisotopic (exact) mass is 505 g/mol. The third kappa shape index (κ3) is 6.01. The number of aryl methyl sites for hydroxylation is 1. The van der Waals surface area contributed by atoms with Crippen LogP contribution in [-0.2, 0) is 17.6 Å². The van der Waals surface area contributed by atoms with Gasteiger partial charge in [-0.05, 0) is 62.4 Å². The van der Waals surface area contributed by atoms with Crippen LogP contribution in [0.4, 0.5) is 4.79 Å². The quantitative estimate of drug-likeness (QED) is 0.553. The number of amides is 2. The molecular formula is C27H31N5O3S. The van der Waals surface area contributed by atoms with E-state index in [1.807, 2.05) is 32.0 Å². The fourth-order valence-electron chi connectivity index (χ4n) is 4.30. The number of benzene rings is 2. The summed E-state index contributed by atoms with van der Waals surface area (Å²) in [7, 11) is 1.64. The van der Waals surface area contributed by atoms with Gasteiger partial charge in [-0.25, -0.2) is 4.79 Å². The van der Waals surface area contributed by atoms with Crippen LogP contribution in [0.5, 0.6) is 5.75 Å². The Morgan fingerprint density at radius 2 is 1.94 bits per heavy atom. The van der Waals surface area contributed by atoms with Gasteiger partial charge in [-0.1, -0.05) is 29.5 Å². The smallest absolute Gasteiger partial charge is 0.317 e. The molecule has 9 heteroatoms. The molecule has 0 bridgehead atoms. The number of morpholine rings is 1. The molecule has 2 aromatic carbocycles. The number of nitrogens with one attached hydrogen (secondary N) is 1. The highest BCUT2D eigenvalue weighted by Crippen LogP contribution is 2.37. The zero-order valence-corrected chi connectivity index (χ0v) is 21.7. The lowest BCUT2D eigenvalue weighted by Crippen LogP contribution is -2.44. The molecule has 2 amide bonds. The first kappa shape index (κ1) is 25.6. The summed E-state index contributed by atoms with van der Waals surface area (Å²) in [6.07, 6.45) is 3.50. The summed E-state index contributed by atoms with van der Waals surface area (Å²) in [5.74, 6) is 0.608. The summed E-state index contributed by atoms with van der Waals surface area (Å²) in [5.41, 5.74) is 5.46. The minimum atomic E-state index is -0.0108. The van der Waals surface area contributed by atoms with Gasteiger partial charge in [0, 0.05) is 31.3 Å². The van der Waals surface area contributed by atoms with Crippen molar-refractivity contribution in [1.82, 2.24) is 20.4 Å². The summed E-state index contributed by atoms with van der Waals surface area (Å²) in [6, 6.07) is 14.3. The van der Waals surface area contributed by atoms with Gasteiger partial charge in [-0.3, -0.25) is 0 Å². The van der Waals surface area contributed by atoms with Gasteiger partial charge in [0.25, 0.3) is 0 Å². The maximum Gasteiger partial charge on any atom is 0.317 e. The van der Waals surface area contributed by atoms with E-state index in [4.69, 9.17) is 9.47 Å². The summed E-state index contributed by atoms with van der Waals surface area (Å²) in [4.78, 5) is 12.7. The van der Waals surface area contributed by atoms with Crippen molar-refractivity contribution in [2.45, 2.75) is 39.2 Å². The molecule has 1 N–H and O–H groups in total. The first-order valence-corrected chi connectivity index (χ1v) is 13.0. The largest absolute Gasteiger partial charge is 0.490 e. The van der Waals surface area contributed by atoms with Gasteiger partial charge in [-0.2, -0.15) is 5.26 Å². The van der Waals surface area contributed by atoms with Crippen molar-refractivity contribution in [1.29, 1.82) is 5.26 Å². The molecule has 1 aromatic heterocycles. The van der Waals surface area contributed by atoms with Crippen LogP contribution in [-0.4, -0.2) is 60.6 Å². The standard InChI is InChI=1S/C21H19N3OS.C6H12N2O2/c1-13(2)25-19-10-9-15(11-16(19)12-22)20-23-24-21(26-20)18-8-4-6-14-5-3-7-17(14)18;1-7-6(9)8-2-4-10-5-3-8/h4,6,8-11,13H,3,5,7H2,1-2H3;2-5H2,1H3,(H,7,9). The third-order valence-corrected chi connectivity index (χ3v) is 7.03. The van der Waals surface area contributed by atoms with Crippen molar-refractivity contribution in [3.05, 3.63) is 53.1 Å². The molecule has 36 heavy (non-hydrogen) atoms. The highest BCUT2D eigenvalue weighted by atomic mass is 32.1. The lowest BCUT2D eigenvalue weighted by atomic mass is 10.0. The molecule has 3 aromatic rings. The number of carbonyl (C=O) groups is 1. The van der Waals surface area contributed by atoms with Crippen molar-refractivity contribution in [2.75, 3.05) is 33.4 Å². The summed E-state index contributed by atoms with van der Waals surface area (Å²) in [6.45, 7) is 6.63. The molecule has 0 radical (unpaired) electrons. The van der Waals surface area contributed by atoms with Gasteiger partial charge < -0.3 is 19.7 Å². The molecule has 0 spiro atoms. The average molecular weight is 506 g/mol. The van der Waals surface area contributed by atoms with Gasteiger partial charge in [-0.15, -0.1) is 10.2 Å². The zero-order chi connectivity index (χ0) is 25.5. The molecule has 8 nitrogen and oxygen atoms in total. The van der Waals surface area contributed by atoms with E-state index in [0.29, 0.717) is 37.6 Å². The summed E-state index contributed by atoms with van der Waals surface area (Å²) >= 11 is 1.57. The Morgan fingerprint density at radius 1 is 1.17 bits per heavy atom. The van der Waals surface area contributed by atoms with Crippen LogP contribution in [0, 0.1) is 11.3 Å². The maximum absolute atomic E-state index is 10.9. The Balaban J connectivity index is 0.000000256. The van der Waals surface area contributed by atoms with Crippen LogP contribution >= 0.6 is 11.3 Å². The van der Waals surface area contributed by atoms with Crippen LogP contribution < -0.4 is 10.1 Å². The molecule has 1 aliphatic heterocycles. The second-order valence-corrected chi connectivity index (χ2v) is 9.83. The van der Waals surface area contributed by atoms with Gasteiger partial charge in [0.15, 0.2) is 0 Å². The SMILES string of the molecule is CC(C)Oc1ccc(-c2nnc(-c3cccc4c3CCC4)s2)cc1C#N.CNC(=O)N1CCOCC1. The molecule has 188 valence electrons. The molecule has 1 fully saturated rings. The first-order chi connectivity index (χ1) is 17.5. The van der Waals surface area contributed by atoms with Crippen LogP contribution in [0.15, 0.2) is 36.4 Å². The lowest BCUT2D eigenvalue weighted by molar-refractivity contribution is 0.0537. The third-order valence-electron chi connectivity index (χ3n) is 6.02. The molecule has 0 saturated carbocycles. The molecule has 2 aliphatic rings. The number of nitriles is 1. The molecule has 5 rings (SSSR count). The van der Waals surface area contributed by atoms with Crippen LogP contribution in [0.1, 0.15) is 37.0 Å². The summed E-state index contributed by atoms with van der Waals surface area (Å²) in [5, 5.41) is 22.6. The Morgan fingerprint density at radius 3 is 2.67 bits per heavy atom. The Labute approximate surface area is 215 Å². The average Bonchev–Trinajstić information content (AvgIpc) is 3.59. The maximum atomic E-state index is 10.9. The Bertz CT molecular complexity index is 1240. The number of aromatic nitrogens is 2. The molecule has 2 heterocycles.